The van der Waals surface area contributed by atoms with Gasteiger partial charge in [-0.1, -0.05) is 11.6 Å². The molecule has 8 nitrogen and oxygen atoms in total. The van der Waals surface area contributed by atoms with Crippen molar-refractivity contribution in [3.8, 4) is 11.9 Å². The van der Waals surface area contributed by atoms with Crippen LogP contribution in [0.2, 0.25) is 5.02 Å². The normalized spacial score (nSPS) is 17.1. The lowest BCUT2D eigenvalue weighted by Gasteiger charge is -2.30. The minimum atomic E-state index is -0.755. The van der Waals surface area contributed by atoms with Crippen molar-refractivity contribution in [1.82, 2.24) is 24.4 Å². The van der Waals surface area contributed by atoms with Crippen molar-refractivity contribution in [2.75, 3.05) is 13.2 Å². The summed E-state index contributed by atoms with van der Waals surface area (Å²) >= 11 is 5.73. The molecule has 3 aromatic heterocycles. The number of ether oxygens (including phenoxy) is 2. The third-order valence-corrected chi connectivity index (χ3v) is 7.46. The van der Waals surface area contributed by atoms with Crippen LogP contribution in [0.4, 0.5) is 8.78 Å². The molecular formula is C28H25ClF2N6O2. The Labute approximate surface area is 228 Å². The predicted molar refractivity (Wildman–Crippen MR) is 139 cm³/mol. The van der Waals surface area contributed by atoms with Crippen molar-refractivity contribution in [2.45, 2.75) is 52.1 Å². The standard InChI is InChI=1S/C28H25ClF2N6O2/c1-16-6-17-2-4-36(13-25(17)35-28(16)39-15-21-22(30)7-18(29)8-23(21)31)14-27-34-24-9-19(10-32)33-11-26(24)37(27)12-20-3-5-38-20/h6-9,11,20H,2-5,12-15H2,1H3/t20-/m0/s1. The largest absolute Gasteiger partial charge is 0.472 e. The minimum Gasteiger partial charge on any atom is -0.472 e. The summed E-state index contributed by atoms with van der Waals surface area (Å²) in [5.74, 6) is -0.296. The molecule has 2 aliphatic rings. The average Bonchev–Trinajstić information content (AvgIpc) is 3.21. The number of hydrogen-bond acceptors (Lipinski definition) is 7. The summed E-state index contributed by atoms with van der Waals surface area (Å²) in [7, 11) is 0. The van der Waals surface area contributed by atoms with Crippen molar-refractivity contribution >= 4 is 22.6 Å². The summed E-state index contributed by atoms with van der Waals surface area (Å²) < 4.78 is 42.1. The molecule has 0 bridgehead atoms. The van der Waals surface area contributed by atoms with Crippen molar-refractivity contribution < 1.29 is 18.3 Å². The summed E-state index contributed by atoms with van der Waals surface area (Å²) in [6.07, 6.45) is 3.64. The molecule has 0 saturated carbocycles. The Morgan fingerprint density at radius 3 is 2.72 bits per heavy atom. The first-order valence-electron chi connectivity index (χ1n) is 12.7. The van der Waals surface area contributed by atoms with Crippen LogP contribution in [0.15, 0.2) is 30.5 Å². The van der Waals surface area contributed by atoms with Crippen LogP contribution in [0.5, 0.6) is 5.88 Å². The third kappa shape index (κ3) is 5.17. The number of nitriles is 1. The van der Waals surface area contributed by atoms with Crippen molar-refractivity contribution in [2.24, 2.45) is 0 Å². The van der Waals surface area contributed by atoms with E-state index in [-0.39, 0.29) is 23.3 Å². The van der Waals surface area contributed by atoms with Gasteiger partial charge in [-0.25, -0.2) is 23.7 Å². The predicted octanol–water partition coefficient (Wildman–Crippen LogP) is 4.86. The van der Waals surface area contributed by atoms with Crippen LogP contribution in [0.1, 0.15) is 40.3 Å². The van der Waals surface area contributed by atoms with Gasteiger partial charge in [0.25, 0.3) is 0 Å². The molecule has 2 aliphatic heterocycles. The SMILES string of the molecule is Cc1cc2c(nc1OCc1c(F)cc(Cl)cc1F)CN(Cc1nc3cc(C#N)ncc3n1C[C@@H]1CCO1)CC2. The molecule has 0 spiro atoms. The van der Waals surface area contributed by atoms with Crippen LogP contribution in [0.25, 0.3) is 11.0 Å². The van der Waals surface area contributed by atoms with Crippen LogP contribution < -0.4 is 4.74 Å². The van der Waals surface area contributed by atoms with Gasteiger partial charge in [0, 0.05) is 36.3 Å². The van der Waals surface area contributed by atoms with Gasteiger partial charge in [0.05, 0.1) is 47.7 Å². The summed E-state index contributed by atoms with van der Waals surface area (Å²) in [5.41, 5.74) is 4.54. The molecule has 39 heavy (non-hydrogen) atoms. The fraction of sp³-hybridized carbons (Fsp3) is 0.357. The van der Waals surface area contributed by atoms with E-state index >= 15 is 0 Å². The second kappa shape index (κ2) is 10.5. The van der Waals surface area contributed by atoms with Gasteiger partial charge in [-0.15, -0.1) is 0 Å². The summed E-state index contributed by atoms with van der Waals surface area (Å²) in [4.78, 5) is 16.1. The second-order valence-corrected chi connectivity index (χ2v) is 10.3. The molecule has 6 rings (SSSR count). The lowest BCUT2D eigenvalue weighted by molar-refractivity contribution is -0.0592. The molecule has 0 amide bonds. The van der Waals surface area contributed by atoms with Crippen molar-refractivity contribution in [1.29, 1.82) is 5.26 Å². The molecule has 0 aliphatic carbocycles. The number of imidazole rings is 1. The maximum Gasteiger partial charge on any atom is 0.216 e. The maximum atomic E-state index is 14.2. The fourth-order valence-electron chi connectivity index (χ4n) is 5.03. The van der Waals surface area contributed by atoms with E-state index in [2.05, 4.69) is 20.5 Å². The van der Waals surface area contributed by atoms with Crippen molar-refractivity contribution in [3.05, 3.63) is 81.0 Å². The Balaban J connectivity index is 1.22. The van der Waals surface area contributed by atoms with Crippen LogP contribution in [-0.4, -0.2) is 43.7 Å². The number of benzene rings is 1. The Hall–Kier alpha value is -3.65. The molecule has 11 heteroatoms. The first kappa shape index (κ1) is 25.6. The highest BCUT2D eigenvalue weighted by molar-refractivity contribution is 6.30. The highest BCUT2D eigenvalue weighted by Gasteiger charge is 2.25. The lowest BCUT2D eigenvalue weighted by Crippen LogP contribution is -2.34. The van der Waals surface area contributed by atoms with Crippen LogP contribution in [0, 0.1) is 29.9 Å². The monoisotopic (exact) mass is 550 g/mol. The van der Waals surface area contributed by atoms with Gasteiger partial charge < -0.3 is 14.0 Å². The molecule has 1 saturated heterocycles. The molecule has 0 N–H and O–H groups in total. The zero-order valence-electron chi connectivity index (χ0n) is 21.3. The number of fused-ring (bicyclic) bond motifs is 2. The Bertz CT molecular complexity index is 1590. The van der Waals surface area contributed by atoms with Crippen LogP contribution in [-0.2, 0) is 37.4 Å². The number of halogens is 3. The smallest absolute Gasteiger partial charge is 0.216 e. The van der Waals surface area contributed by atoms with Gasteiger partial charge in [0.1, 0.15) is 35.8 Å². The number of rotatable bonds is 7. The molecule has 1 atom stereocenters. The first-order chi connectivity index (χ1) is 18.9. The molecule has 1 fully saturated rings. The zero-order chi connectivity index (χ0) is 27.1. The van der Waals surface area contributed by atoms with E-state index in [1.807, 2.05) is 13.0 Å². The average molecular weight is 551 g/mol. The van der Waals surface area contributed by atoms with Crippen LogP contribution in [0.3, 0.4) is 0 Å². The van der Waals surface area contributed by atoms with E-state index in [0.717, 1.165) is 71.8 Å². The molecule has 4 aromatic rings. The van der Waals surface area contributed by atoms with E-state index in [1.165, 1.54) is 0 Å². The second-order valence-electron chi connectivity index (χ2n) is 9.90. The van der Waals surface area contributed by atoms with Gasteiger partial charge in [-0.2, -0.15) is 5.26 Å². The highest BCUT2D eigenvalue weighted by Crippen LogP contribution is 2.28. The number of hydrogen-bond donors (Lipinski definition) is 0. The fourth-order valence-corrected chi connectivity index (χ4v) is 5.23. The Morgan fingerprint density at radius 2 is 2.00 bits per heavy atom. The zero-order valence-corrected chi connectivity index (χ0v) is 22.0. The molecule has 0 radical (unpaired) electrons. The van der Waals surface area contributed by atoms with Gasteiger partial charge >= 0.3 is 0 Å². The van der Waals surface area contributed by atoms with E-state index in [1.54, 1.807) is 12.3 Å². The first-order valence-corrected chi connectivity index (χ1v) is 13.1. The molecule has 5 heterocycles. The van der Waals surface area contributed by atoms with Gasteiger partial charge in [0.15, 0.2) is 0 Å². The highest BCUT2D eigenvalue weighted by atomic mass is 35.5. The van der Waals surface area contributed by atoms with E-state index in [9.17, 15) is 14.0 Å². The Morgan fingerprint density at radius 1 is 1.21 bits per heavy atom. The summed E-state index contributed by atoms with van der Waals surface area (Å²) in [6, 6.07) is 7.95. The van der Waals surface area contributed by atoms with Gasteiger partial charge in [-0.3, -0.25) is 4.90 Å². The maximum absolute atomic E-state index is 14.2. The summed E-state index contributed by atoms with van der Waals surface area (Å²) in [5, 5.41) is 9.26. The molecule has 1 aromatic carbocycles. The quantitative estimate of drug-likeness (QED) is 0.324. The topological polar surface area (TPSA) is 89.1 Å². The van der Waals surface area contributed by atoms with Crippen molar-refractivity contribution in [3.63, 3.8) is 0 Å². The van der Waals surface area contributed by atoms with E-state index in [4.69, 9.17) is 31.0 Å². The van der Waals surface area contributed by atoms with E-state index in [0.29, 0.717) is 31.2 Å². The minimum absolute atomic E-state index is 0.00700. The molecular weight excluding hydrogens is 526 g/mol. The Kier molecular flexibility index (Phi) is 6.89. The van der Waals surface area contributed by atoms with Crippen LogP contribution >= 0.6 is 11.6 Å². The molecule has 0 unspecified atom stereocenters. The number of pyridine rings is 2. The third-order valence-electron chi connectivity index (χ3n) is 7.24. The number of aryl methyl sites for hydroxylation is 1. The lowest BCUT2D eigenvalue weighted by atomic mass is 10.0. The van der Waals surface area contributed by atoms with Gasteiger partial charge in [-0.05, 0) is 43.5 Å². The molecule has 200 valence electrons. The number of nitrogens with zero attached hydrogens (tertiary/aromatic N) is 6. The summed E-state index contributed by atoms with van der Waals surface area (Å²) in [6.45, 7) is 4.99. The van der Waals surface area contributed by atoms with E-state index < -0.39 is 11.6 Å². The number of aromatic nitrogens is 4. The van der Waals surface area contributed by atoms with Gasteiger partial charge in [0.2, 0.25) is 5.88 Å².